The van der Waals surface area contributed by atoms with Gasteiger partial charge in [-0.2, -0.15) is 0 Å². The van der Waals surface area contributed by atoms with E-state index in [1.165, 1.54) is 5.57 Å². The fourth-order valence-electron chi connectivity index (χ4n) is 3.21. The van der Waals surface area contributed by atoms with Crippen LogP contribution in [-0.2, 0) is 0 Å². The van der Waals surface area contributed by atoms with Crippen molar-refractivity contribution >= 4 is 17.1 Å². The number of rotatable bonds is 11. The summed E-state index contributed by atoms with van der Waals surface area (Å²) >= 11 is 0. The highest BCUT2D eigenvalue weighted by molar-refractivity contribution is 6.03. The standard InChI is InChI=1S/C29H33N3/c1-7-9-11-15-22(3)20-31-24(5)29-27(26-16-12-10-13-17-26)18-14-19-28(29)32-23(4)25(8-2)21-30-6/h7-19,21,30-31H,1-2,5,20H2,3-4,6H3/b11-9-,22-15+,25-21+,32-23+. The smallest absolute Gasteiger partial charge is 0.0732 e. The summed E-state index contributed by atoms with van der Waals surface area (Å²) in [6.45, 7) is 16.7. The molecule has 2 aromatic carbocycles. The highest BCUT2D eigenvalue weighted by Crippen LogP contribution is 2.35. The molecule has 0 bridgehead atoms. The SMILES string of the molecule is C=C/C=C\C=C(/C)CNC(=C)c1c(/N=C(C)/C(C=C)=C/NC)cccc1-c1ccccc1. The zero-order valence-electron chi connectivity index (χ0n) is 19.4. The highest BCUT2D eigenvalue weighted by Gasteiger charge is 2.14. The summed E-state index contributed by atoms with van der Waals surface area (Å²) in [5, 5.41) is 6.53. The zero-order valence-corrected chi connectivity index (χ0v) is 19.4. The lowest BCUT2D eigenvalue weighted by atomic mass is 9.96. The summed E-state index contributed by atoms with van der Waals surface area (Å²) in [6.07, 6.45) is 11.4. The van der Waals surface area contributed by atoms with Gasteiger partial charge in [-0.25, -0.2) is 0 Å². The van der Waals surface area contributed by atoms with Gasteiger partial charge in [-0.3, -0.25) is 4.99 Å². The highest BCUT2D eigenvalue weighted by atomic mass is 14.9. The third-order valence-corrected chi connectivity index (χ3v) is 4.86. The predicted molar refractivity (Wildman–Crippen MR) is 142 cm³/mol. The summed E-state index contributed by atoms with van der Waals surface area (Å²) in [7, 11) is 1.87. The lowest BCUT2D eigenvalue weighted by molar-refractivity contribution is 0.958. The maximum Gasteiger partial charge on any atom is 0.0732 e. The van der Waals surface area contributed by atoms with Crippen LogP contribution in [0.1, 0.15) is 19.4 Å². The van der Waals surface area contributed by atoms with Crippen LogP contribution in [0.4, 0.5) is 5.69 Å². The van der Waals surface area contributed by atoms with E-state index in [-0.39, 0.29) is 0 Å². The van der Waals surface area contributed by atoms with Gasteiger partial charge < -0.3 is 10.6 Å². The molecule has 32 heavy (non-hydrogen) atoms. The van der Waals surface area contributed by atoms with E-state index in [4.69, 9.17) is 4.99 Å². The molecule has 2 aromatic rings. The maximum atomic E-state index is 4.94. The second kappa shape index (κ2) is 12.8. The van der Waals surface area contributed by atoms with Crippen LogP contribution in [0.2, 0.25) is 0 Å². The first-order valence-electron chi connectivity index (χ1n) is 10.6. The van der Waals surface area contributed by atoms with Gasteiger partial charge in [-0.05, 0) is 31.0 Å². The van der Waals surface area contributed by atoms with Crippen LogP contribution in [0.5, 0.6) is 0 Å². The monoisotopic (exact) mass is 423 g/mol. The first-order chi connectivity index (χ1) is 15.5. The van der Waals surface area contributed by atoms with Crippen molar-refractivity contribution < 1.29 is 0 Å². The zero-order chi connectivity index (χ0) is 23.3. The van der Waals surface area contributed by atoms with Gasteiger partial charge in [0.05, 0.1) is 5.69 Å². The molecule has 0 aromatic heterocycles. The van der Waals surface area contributed by atoms with Gasteiger partial charge in [0.15, 0.2) is 0 Å². The number of nitrogens with one attached hydrogen (secondary N) is 2. The minimum atomic E-state index is 0.684. The number of hydrogen-bond donors (Lipinski definition) is 2. The van der Waals surface area contributed by atoms with Crippen LogP contribution in [0.15, 0.2) is 121 Å². The first kappa shape index (κ1) is 24.4. The molecule has 0 heterocycles. The summed E-state index contributed by atoms with van der Waals surface area (Å²) < 4.78 is 0. The molecule has 2 N–H and O–H groups in total. The van der Waals surface area contributed by atoms with Crippen LogP contribution in [-0.4, -0.2) is 19.3 Å². The Morgan fingerprint density at radius 2 is 1.75 bits per heavy atom. The number of aliphatic imine (C=N–C) groups is 1. The molecule has 0 saturated heterocycles. The van der Waals surface area contributed by atoms with E-state index < -0.39 is 0 Å². The maximum absolute atomic E-state index is 4.94. The Bertz CT molecular complexity index is 1070. The largest absolute Gasteiger partial charge is 0.393 e. The predicted octanol–water partition coefficient (Wildman–Crippen LogP) is 6.98. The summed E-state index contributed by atoms with van der Waals surface area (Å²) in [6, 6.07) is 16.5. The first-order valence-corrected chi connectivity index (χ1v) is 10.6. The average molecular weight is 424 g/mol. The lowest BCUT2D eigenvalue weighted by Gasteiger charge is -2.18. The average Bonchev–Trinajstić information content (AvgIpc) is 2.81. The number of allylic oxidation sites excluding steroid dienone is 6. The molecule has 2 rings (SSSR count). The van der Waals surface area contributed by atoms with E-state index in [0.717, 1.165) is 39.4 Å². The van der Waals surface area contributed by atoms with Gasteiger partial charge in [0.2, 0.25) is 0 Å². The number of nitrogens with zero attached hydrogens (tertiary/aromatic N) is 1. The minimum absolute atomic E-state index is 0.684. The van der Waals surface area contributed by atoms with E-state index in [1.54, 1.807) is 12.2 Å². The van der Waals surface area contributed by atoms with E-state index in [2.05, 4.69) is 61.6 Å². The van der Waals surface area contributed by atoms with Crippen LogP contribution in [0.25, 0.3) is 16.8 Å². The van der Waals surface area contributed by atoms with Crippen LogP contribution in [0.3, 0.4) is 0 Å². The van der Waals surface area contributed by atoms with Crippen molar-refractivity contribution in [3.63, 3.8) is 0 Å². The van der Waals surface area contributed by atoms with Crippen LogP contribution < -0.4 is 10.6 Å². The molecule has 0 radical (unpaired) electrons. The molecule has 164 valence electrons. The Morgan fingerprint density at radius 1 is 1.00 bits per heavy atom. The van der Waals surface area contributed by atoms with Gasteiger partial charge in [-0.1, -0.05) is 98.2 Å². The van der Waals surface area contributed by atoms with Gasteiger partial charge >= 0.3 is 0 Å². The quantitative estimate of drug-likeness (QED) is 0.302. The van der Waals surface area contributed by atoms with Crippen molar-refractivity contribution in [2.24, 2.45) is 4.99 Å². The molecule has 0 spiro atoms. The van der Waals surface area contributed by atoms with Crippen molar-refractivity contribution in [3.05, 3.63) is 122 Å². The normalized spacial score (nSPS) is 12.5. The fraction of sp³-hybridized carbons (Fsp3) is 0.138. The summed E-state index contributed by atoms with van der Waals surface area (Å²) in [5.74, 6) is 0. The van der Waals surface area contributed by atoms with Crippen molar-refractivity contribution in [2.75, 3.05) is 13.6 Å². The Balaban J connectivity index is 2.52. The van der Waals surface area contributed by atoms with E-state index in [0.29, 0.717) is 6.54 Å². The Kier molecular flexibility index (Phi) is 9.73. The fourth-order valence-corrected chi connectivity index (χ4v) is 3.21. The summed E-state index contributed by atoms with van der Waals surface area (Å²) in [4.78, 5) is 4.94. The molecule has 0 aliphatic rings. The Labute approximate surface area is 193 Å². The Hall–Kier alpha value is -3.85. The molecule has 0 fully saturated rings. The molecular weight excluding hydrogens is 390 g/mol. The molecule has 0 amide bonds. The van der Waals surface area contributed by atoms with Crippen molar-refractivity contribution in [2.45, 2.75) is 13.8 Å². The van der Waals surface area contributed by atoms with Crippen molar-refractivity contribution in [3.8, 4) is 11.1 Å². The topological polar surface area (TPSA) is 36.4 Å². The van der Waals surface area contributed by atoms with Crippen molar-refractivity contribution in [1.82, 2.24) is 10.6 Å². The van der Waals surface area contributed by atoms with Crippen molar-refractivity contribution in [1.29, 1.82) is 0 Å². The lowest BCUT2D eigenvalue weighted by Crippen LogP contribution is -2.14. The van der Waals surface area contributed by atoms with E-state index in [9.17, 15) is 0 Å². The van der Waals surface area contributed by atoms with Gasteiger partial charge in [0.1, 0.15) is 0 Å². The van der Waals surface area contributed by atoms with E-state index in [1.807, 2.05) is 62.7 Å². The molecule has 0 atom stereocenters. The molecule has 3 nitrogen and oxygen atoms in total. The minimum Gasteiger partial charge on any atom is -0.393 e. The second-order valence-corrected chi connectivity index (χ2v) is 7.32. The third kappa shape index (κ3) is 6.85. The van der Waals surface area contributed by atoms with Gasteiger partial charge in [-0.15, -0.1) is 0 Å². The molecule has 3 heteroatoms. The molecule has 0 unspecified atom stereocenters. The summed E-state index contributed by atoms with van der Waals surface area (Å²) in [5.41, 5.74) is 7.88. The Morgan fingerprint density at radius 3 is 2.41 bits per heavy atom. The van der Waals surface area contributed by atoms with Gasteiger partial charge in [0.25, 0.3) is 0 Å². The number of hydrogen-bond acceptors (Lipinski definition) is 3. The number of benzene rings is 2. The van der Waals surface area contributed by atoms with Crippen LogP contribution in [0, 0.1) is 0 Å². The molecule has 0 aliphatic heterocycles. The van der Waals surface area contributed by atoms with Gasteiger partial charge in [0, 0.05) is 42.3 Å². The van der Waals surface area contributed by atoms with E-state index >= 15 is 0 Å². The molecule has 0 saturated carbocycles. The molecule has 0 aliphatic carbocycles. The molecular formula is C29H33N3. The van der Waals surface area contributed by atoms with Crippen LogP contribution >= 0.6 is 0 Å². The third-order valence-electron chi connectivity index (χ3n) is 4.86. The second-order valence-electron chi connectivity index (χ2n) is 7.32.